The predicted octanol–water partition coefficient (Wildman–Crippen LogP) is 4.53. The second-order valence-electron chi connectivity index (χ2n) is 5.45. The van der Waals surface area contributed by atoms with E-state index >= 15 is 0 Å². The van der Waals surface area contributed by atoms with Crippen LogP contribution in [0.2, 0.25) is 0 Å². The van der Waals surface area contributed by atoms with Crippen LogP contribution in [0.25, 0.3) is 22.0 Å². The van der Waals surface area contributed by atoms with Crippen molar-refractivity contribution in [3.05, 3.63) is 91.1 Å². The van der Waals surface area contributed by atoms with Gasteiger partial charge in [0.05, 0.1) is 5.69 Å². The largest absolute Gasteiger partial charge is 0.256 e. The number of hydrogen-bond donors (Lipinski definition) is 0. The van der Waals surface area contributed by atoms with Crippen LogP contribution in [0.1, 0.15) is 0 Å². The van der Waals surface area contributed by atoms with Gasteiger partial charge in [-0.3, -0.25) is 4.98 Å². The monoisotopic (exact) mass is 313 g/mol. The average Bonchev–Trinajstić information content (AvgIpc) is 2.63. The lowest BCUT2D eigenvalue weighted by atomic mass is 10.0. The number of fused-ring (bicyclic) bond motifs is 1. The molecule has 0 aliphatic heterocycles. The third kappa shape index (κ3) is 3.02. The molecule has 3 aromatic carbocycles. The molecule has 2 heteroatoms. The lowest BCUT2D eigenvalue weighted by Gasteiger charge is -2.07. The second kappa shape index (κ2) is 6.32. The highest BCUT2D eigenvalue weighted by molar-refractivity contribution is 7.55. The van der Waals surface area contributed by atoms with E-state index in [0.29, 0.717) is 8.58 Å². The van der Waals surface area contributed by atoms with E-state index in [-0.39, 0.29) is 0 Å². The number of rotatable bonds is 3. The van der Waals surface area contributed by atoms with E-state index in [1.165, 1.54) is 26.9 Å². The topological polar surface area (TPSA) is 12.9 Å². The molecule has 0 saturated heterocycles. The fraction of sp³-hybridized carbons (Fsp3) is 0. The number of hydrogen-bond acceptors (Lipinski definition) is 1. The first-order valence-corrected chi connectivity index (χ1v) is 8.66. The molecule has 0 bridgehead atoms. The summed E-state index contributed by atoms with van der Waals surface area (Å²) in [6.45, 7) is 0. The lowest BCUT2D eigenvalue weighted by molar-refractivity contribution is 1.36. The maximum atomic E-state index is 4.59. The summed E-state index contributed by atoms with van der Waals surface area (Å²) in [7, 11) is 0.692. The van der Waals surface area contributed by atoms with Crippen molar-refractivity contribution in [1.82, 2.24) is 4.98 Å². The fourth-order valence-corrected chi connectivity index (χ4v) is 3.78. The summed E-state index contributed by atoms with van der Waals surface area (Å²) in [5.74, 6) is 0. The van der Waals surface area contributed by atoms with Crippen LogP contribution >= 0.6 is 8.58 Å². The van der Waals surface area contributed by atoms with E-state index < -0.39 is 0 Å². The molecule has 4 aromatic rings. The highest BCUT2D eigenvalue weighted by Crippen LogP contribution is 2.26. The molecule has 0 fully saturated rings. The molecule has 0 aliphatic rings. The van der Waals surface area contributed by atoms with Gasteiger partial charge in [0.15, 0.2) is 0 Å². The van der Waals surface area contributed by atoms with Gasteiger partial charge in [-0.2, -0.15) is 0 Å². The maximum absolute atomic E-state index is 4.59. The Morgan fingerprint density at radius 2 is 1.30 bits per heavy atom. The van der Waals surface area contributed by atoms with Crippen LogP contribution in [-0.2, 0) is 0 Å². The van der Waals surface area contributed by atoms with Gasteiger partial charge >= 0.3 is 0 Å². The molecule has 0 aliphatic carbocycles. The van der Waals surface area contributed by atoms with Gasteiger partial charge in [-0.05, 0) is 22.1 Å². The number of benzene rings is 3. The lowest BCUT2D eigenvalue weighted by Crippen LogP contribution is -2.02. The molecule has 1 heterocycles. The Hall–Kier alpha value is -2.50. The van der Waals surface area contributed by atoms with Crippen LogP contribution in [0.5, 0.6) is 0 Å². The minimum Gasteiger partial charge on any atom is -0.256 e. The summed E-state index contributed by atoms with van der Waals surface area (Å²) in [5, 5.41) is 5.14. The molecular formula is C21H16NP. The van der Waals surface area contributed by atoms with Crippen LogP contribution < -0.4 is 10.6 Å². The van der Waals surface area contributed by atoms with Crippen molar-refractivity contribution in [1.29, 1.82) is 0 Å². The highest BCUT2D eigenvalue weighted by atomic mass is 31.1. The SMILES string of the molecule is c1ccc(Pc2ccc(-c3nccc4ccccc34)cc2)cc1. The van der Waals surface area contributed by atoms with Gasteiger partial charge in [-0.1, -0.05) is 87.4 Å². The molecule has 0 spiro atoms. The maximum Gasteiger partial charge on any atom is 0.0780 e. The summed E-state index contributed by atoms with van der Waals surface area (Å²) in [5.41, 5.74) is 2.22. The molecule has 110 valence electrons. The molecular weight excluding hydrogens is 297 g/mol. The molecule has 0 saturated carbocycles. The van der Waals surface area contributed by atoms with Gasteiger partial charge in [0, 0.05) is 17.1 Å². The Labute approximate surface area is 137 Å². The van der Waals surface area contributed by atoms with E-state index in [1.54, 1.807) is 0 Å². The number of pyridine rings is 1. The fourth-order valence-electron chi connectivity index (χ4n) is 2.75. The minimum absolute atomic E-state index is 0.692. The Kier molecular flexibility index (Phi) is 3.88. The van der Waals surface area contributed by atoms with Gasteiger partial charge in [0.2, 0.25) is 0 Å². The van der Waals surface area contributed by atoms with Crippen molar-refractivity contribution in [3.8, 4) is 11.3 Å². The zero-order valence-electron chi connectivity index (χ0n) is 12.6. The van der Waals surface area contributed by atoms with Crippen LogP contribution in [0.15, 0.2) is 91.1 Å². The Morgan fingerprint density at radius 3 is 2.13 bits per heavy atom. The summed E-state index contributed by atoms with van der Waals surface area (Å²) < 4.78 is 0. The zero-order valence-corrected chi connectivity index (χ0v) is 13.6. The van der Waals surface area contributed by atoms with Crippen molar-refractivity contribution >= 4 is 30.0 Å². The Bertz CT molecular complexity index is 925. The van der Waals surface area contributed by atoms with E-state index in [0.717, 1.165) is 5.69 Å². The molecule has 1 aromatic heterocycles. The van der Waals surface area contributed by atoms with Gasteiger partial charge in [-0.15, -0.1) is 0 Å². The minimum atomic E-state index is 0.692. The third-order valence-corrected chi connectivity index (χ3v) is 5.14. The summed E-state index contributed by atoms with van der Waals surface area (Å²) in [6.07, 6.45) is 1.89. The Balaban J connectivity index is 1.68. The smallest absolute Gasteiger partial charge is 0.0780 e. The molecule has 1 atom stereocenters. The van der Waals surface area contributed by atoms with Gasteiger partial charge in [0.25, 0.3) is 0 Å². The molecule has 0 radical (unpaired) electrons. The van der Waals surface area contributed by atoms with Crippen molar-refractivity contribution in [3.63, 3.8) is 0 Å². The summed E-state index contributed by atoms with van der Waals surface area (Å²) in [6, 6.07) is 29.9. The summed E-state index contributed by atoms with van der Waals surface area (Å²) >= 11 is 0. The van der Waals surface area contributed by atoms with Crippen molar-refractivity contribution in [2.45, 2.75) is 0 Å². The second-order valence-corrected chi connectivity index (χ2v) is 6.85. The summed E-state index contributed by atoms with van der Waals surface area (Å²) in [4.78, 5) is 4.59. The Morgan fingerprint density at radius 1 is 0.609 bits per heavy atom. The molecule has 0 N–H and O–H groups in total. The van der Waals surface area contributed by atoms with Crippen LogP contribution in [0.4, 0.5) is 0 Å². The third-order valence-electron chi connectivity index (χ3n) is 3.89. The van der Waals surface area contributed by atoms with Gasteiger partial charge in [-0.25, -0.2) is 0 Å². The number of aromatic nitrogens is 1. The average molecular weight is 313 g/mol. The first-order valence-electron chi connectivity index (χ1n) is 7.66. The first kappa shape index (κ1) is 14.1. The van der Waals surface area contributed by atoms with Crippen molar-refractivity contribution in [2.75, 3.05) is 0 Å². The standard InChI is InChI=1S/C21H16NP/c1-2-7-18(8-3-1)23-19-12-10-17(11-13-19)21-20-9-5-4-6-16(20)14-15-22-21/h1-15,23H. The first-order chi connectivity index (χ1) is 11.4. The van der Waals surface area contributed by atoms with Gasteiger partial charge in [0.1, 0.15) is 0 Å². The normalized spacial score (nSPS) is 11.3. The quantitative estimate of drug-likeness (QED) is 0.506. The van der Waals surface area contributed by atoms with Crippen molar-refractivity contribution < 1.29 is 0 Å². The molecule has 1 nitrogen and oxygen atoms in total. The van der Waals surface area contributed by atoms with E-state index in [1.807, 2.05) is 6.20 Å². The van der Waals surface area contributed by atoms with Crippen LogP contribution in [0, 0.1) is 0 Å². The zero-order chi connectivity index (χ0) is 15.5. The highest BCUT2D eigenvalue weighted by Gasteiger charge is 2.05. The van der Waals surface area contributed by atoms with Crippen molar-refractivity contribution in [2.24, 2.45) is 0 Å². The molecule has 0 amide bonds. The van der Waals surface area contributed by atoms with Crippen LogP contribution in [0.3, 0.4) is 0 Å². The van der Waals surface area contributed by atoms with Crippen LogP contribution in [-0.4, -0.2) is 4.98 Å². The van der Waals surface area contributed by atoms with E-state index in [2.05, 4.69) is 89.9 Å². The molecule has 1 unspecified atom stereocenters. The van der Waals surface area contributed by atoms with E-state index in [4.69, 9.17) is 0 Å². The van der Waals surface area contributed by atoms with Gasteiger partial charge < -0.3 is 0 Å². The molecule has 23 heavy (non-hydrogen) atoms. The van der Waals surface area contributed by atoms with E-state index in [9.17, 15) is 0 Å². The molecule has 4 rings (SSSR count). The number of nitrogens with zero attached hydrogens (tertiary/aromatic N) is 1. The predicted molar refractivity (Wildman–Crippen MR) is 101 cm³/mol.